The smallest absolute Gasteiger partial charge is 0.288 e. The minimum absolute atomic E-state index is 0.0560. The van der Waals surface area contributed by atoms with E-state index in [-0.39, 0.29) is 5.78 Å². The lowest BCUT2D eigenvalue weighted by atomic mass is 9.93. The van der Waals surface area contributed by atoms with Gasteiger partial charge in [-0.3, -0.25) is 4.79 Å². The minimum Gasteiger partial charge on any atom is -0.288 e. The molecule has 0 saturated heterocycles. The average molecular weight is 271 g/mol. The van der Waals surface area contributed by atoms with Crippen molar-refractivity contribution in [3.05, 3.63) is 64.2 Å². The molecule has 1 atom stereocenters. The van der Waals surface area contributed by atoms with Crippen LogP contribution in [0.1, 0.15) is 32.6 Å². The maximum Gasteiger partial charge on any atom is 0.363 e. The van der Waals surface area contributed by atoms with Gasteiger partial charge in [0.2, 0.25) is 0 Å². The molecule has 0 amide bonds. The van der Waals surface area contributed by atoms with Crippen LogP contribution in [0, 0.1) is 20.8 Å². The molecule has 0 aromatic heterocycles. The van der Waals surface area contributed by atoms with Gasteiger partial charge in [0, 0.05) is 5.56 Å². The van der Waals surface area contributed by atoms with E-state index in [1.54, 1.807) is 24.3 Å². The van der Waals surface area contributed by atoms with E-state index in [0.717, 1.165) is 11.1 Å². The summed E-state index contributed by atoms with van der Waals surface area (Å²) in [5.41, 5.74) is 4.52. The molecule has 1 unspecified atom stereocenters. The normalized spacial score (nSPS) is 10.7. The molecular weight excluding hydrogens is 255 g/mol. The van der Waals surface area contributed by atoms with E-state index in [2.05, 4.69) is 0 Å². The second kappa shape index (κ2) is 5.46. The van der Waals surface area contributed by atoms with Crippen molar-refractivity contribution in [2.45, 2.75) is 20.8 Å². The molecule has 2 rings (SSSR count). The summed E-state index contributed by atoms with van der Waals surface area (Å²) in [5.74, 6) is -0.0560. The number of hydrogen-bond acceptors (Lipinski definition) is 2. The Balaban J connectivity index is 2.57. The number of aryl methyl sites for hydroxylation is 1. The molecule has 0 spiro atoms. The Bertz CT molecular complexity index is 660. The van der Waals surface area contributed by atoms with Gasteiger partial charge in [-0.1, -0.05) is 28.8 Å². The van der Waals surface area contributed by atoms with E-state index in [0.29, 0.717) is 16.4 Å². The molecule has 96 valence electrons. The van der Waals surface area contributed by atoms with Crippen LogP contribution in [0.15, 0.2) is 36.4 Å². The van der Waals surface area contributed by atoms with Crippen molar-refractivity contribution in [3.8, 4) is 0 Å². The van der Waals surface area contributed by atoms with Gasteiger partial charge < -0.3 is 0 Å². The fourth-order valence-electron chi connectivity index (χ4n) is 2.12. The Morgan fingerprint density at radius 3 is 2.26 bits per heavy atom. The Morgan fingerprint density at radius 1 is 0.895 bits per heavy atom. The average Bonchev–Trinajstić information content (AvgIpc) is 2.44. The van der Waals surface area contributed by atoms with Crippen LogP contribution in [0.25, 0.3) is 0 Å². The second-order valence-corrected chi connectivity index (χ2v) is 5.40. The standard InChI is InChI=1S/C16H15O2P/c1-10-8-9-13(12(3)11(10)2)16(17)14-6-4-5-7-15(14)19-18/h4-9H,1-3H3/p+1. The zero-order valence-corrected chi connectivity index (χ0v) is 12.3. The van der Waals surface area contributed by atoms with E-state index >= 15 is 0 Å². The number of hydrogen-bond donors (Lipinski definition) is 0. The Labute approximate surface area is 114 Å². The molecule has 0 bridgehead atoms. The molecule has 0 fully saturated rings. The molecule has 19 heavy (non-hydrogen) atoms. The lowest BCUT2D eigenvalue weighted by molar-refractivity contribution is 0.103. The van der Waals surface area contributed by atoms with E-state index in [1.807, 2.05) is 32.9 Å². The quantitative estimate of drug-likeness (QED) is 0.632. The van der Waals surface area contributed by atoms with Crippen molar-refractivity contribution in [2.75, 3.05) is 0 Å². The number of ketones is 1. The highest BCUT2D eigenvalue weighted by Gasteiger charge is 2.19. The molecule has 2 aromatic rings. The summed E-state index contributed by atoms with van der Waals surface area (Å²) in [6.07, 6.45) is 0. The van der Waals surface area contributed by atoms with Gasteiger partial charge in [0.05, 0.1) is 5.56 Å². The van der Waals surface area contributed by atoms with Gasteiger partial charge in [0.25, 0.3) is 0 Å². The zero-order valence-electron chi connectivity index (χ0n) is 11.3. The second-order valence-electron chi connectivity index (χ2n) is 4.66. The van der Waals surface area contributed by atoms with Crippen LogP contribution in [0.3, 0.4) is 0 Å². The van der Waals surface area contributed by atoms with Gasteiger partial charge >= 0.3 is 8.46 Å². The van der Waals surface area contributed by atoms with E-state index in [1.165, 1.54) is 5.56 Å². The first-order valence-corrected chi connectivity index (χ1v) is 7.05. The minimum atomic E-state index is -0.613. The summed E-state index contributed by atoms with van der Waals surface area (Å²) in [6.45, 7) is 6.00. The van der Waals surface area contributed by atoms with Crippen molar-refractivity contribution in [1.29, 1.82) is 0 Å². The van der Waals surface area contributed by atoms with Crippen LogP contribution in [0.2, 0.25) is 0 Å². The lowest BCUT2D eigenvalue weighted by Crippen LogP contribution is -2.13. The van der Waals surface area contributed by atoms with Crippen LogP contribution in [-0.4, -0.2) is 5.78 Å². The van der Waals surface area contributed by atoms with Gasteiger partial charge in [-0.2, -0.15) is 0 Å². The third kappa shape index (κ3) is 2.50. The predicted molar refractivity (Wildman–Crippen MR) is 79.2 cm³/mol. The topological polar surface area (TPSA) is 34.1 Å². The van der Waals surface area contributed by atoms with Crippen LogP contribution in [0.4, 0.5) is 0 Å². The fraction of sp³-hybridized carbons (Fsp3) is 0.188. The van der Waals surface area contributed by atoms with Crippen molar-refractivity contribution in [2.24, 2.45) is 0 Å². The first kappa shape index (κ1) is 13.6. The number of carbonyl (C=O) groups is 1. The first-order valence-electron chi connectivity index (χ1n) is 6.15. The van der Waals surface area contributed by atoms with Crippen LogP contribution >= 0.6 is 8.46 Å². The Hall–Kier alpha value is -1.79. The molecule has 0 heterocycles. The zero-order chi connectivity index (χ0) is 14.0. The van der Waals surface area contributed by atoms with Gasteiger partial charge in [-0.25, -0.2) is 0 Å². The maximum absolute atomic E-state index is 12.6. The SMILES string of the molecule is Cc1ccc(C(=O)c2ccccc2[PH+]=O)c(C)c1C. The van der Waals surface area contributed by atoms with Crippen molar-refractivity contribution < 1.29 is 9.36 Å². The Morgan fingerprint density at radius 2 is 1.58 bits per heavy atom. The molecule has 0 aliphatic carbocycles. The van der Waals surface area contributed by atoms with Crippen LogP contribution in [-0.2, 0) is 4.57 Å². The largest absolute Gasteiger partial charge is 0.363 e. The highest BCUT2D eigenvalue weighted by molar-refractivity contribution is 7.34. The Kier molecular flexibility index (Phi) is 3.92. The van der Waals surface area contributed by atoms with Crippen LogP contribution in [0.5, 0.6) is 0 Å². The summed E-state index contributed by atoms with van der Waals surface area (Å²) in [6, 6.07) is 10.9. The van der Waals surface area contributed by atoms with Crippen molar-refractivity contribution >= 4 is 19.5 Å². The van der Waals surface area contributed by atoms with Gasteiger partial charge in [-0.15, -0.1) is 0 Å². The molecule has 2 aromatic carbocycles. The van der Waals surface area contributed by atoms with Gasteiger partial charge in [0.1, 0.15) is 0 Å². The van der Waals surface area contributed by atoms with Gasteiger partial charge in [0.15, 0.2) is 11.1 Å². The fourth-order valence-corrected chi connectivity index (χ4v) is 2.59. The summed E-state index contributed by atoms with van der Waals surface area (Å²) >= 11 is 0. The highest BCUT2D eigenvalue weighted by atomic mass is 31.1. The molecule has 0 saturated carbocycles. The highest BCUT2D eigenvalue weighted by Crippen LogP contribution is 2.20. The molecule has 2 nitrogen and oxygen atoms in total. The predicted octanol–water partition coefficient (Wildman–Crippen LogP) is 3.49. The van der Waals surface area contributed by atoms with E-state index in [9.17, 15) is 9.36 Å². The molecule has 0 aliphatic rings. The summed E-state index contributed by atoms with van der Waals surface area (Å²) in [4.78, 5) is 12.6. The van der Waals surface area contributed by atoms with Crippen molar-refractivity contribution in [1.82, 2.24) is 0 Å². The van der Waals surface area contributed by atoms with Gasteiger partial charge in [-0.05, 0) is 49.6 Å². The van der Waals surface area contributed by atoms with E-state index < -0.39 is 8.46 Å². The molecule has 3 heteroatoms. The number of rotatable bonds is 3. The third-order valence-electron chi connectivity index (χ3n) is 3.58. The summed E-state index contributed by atoms with van der Waals surface area (Å²) in [5, 5.41) is 0.588. The third-order valence-corrected chi connectivity index (χ3v) is 4.24. The number of carbonyl (C=O) groups excluding carboxylic acids is 1. The lowest BCUT2D eigenvalue weighted by Gasteiger charge is -2.10. The van der Waals surface area contributed by atoms with E-state index in [4.69, 9.17) is 0 Å². The van der Waals surface area contributed by atoms with Crippen molar-refractivity contribution in [3.63, 3.8) is 0 Å². The summed E-state index contributed by atoms with van der Waals surface area (Å²) in [7, 11) is -0.613. The number of benzene rings is 2. The molecule has 0 N–H and O–H groups in total. The first-order chi connectivity index (χ1) is 9.06. The monoisotopic (exact) mass is 271 g/mol. The van der Waals surface area contributed by atoms with Crippen LogP contribution < -0.4 is 5.30 Å². The molecule has 0 radical (unpaired) electrons. The molecule has 0 aliphatic heterocycles. The maximum atomic E-state index is 12.6. The molecular formula is C16H16O2P+. The summed E-state index contributed by atoms with van der Waals surface area (Å²) < 4.78 is 11.2.